The van der Waals surface area contributed by atoms with Crippen molar-refractivity contribution in [3.05, 3.63) is 95.1 Å². The lowest BCUT2D eigenvalue weighted by molar-refractivity contribution is 0.101. The van der Waals surface area contributed by atoms with Crippen LogP contribution in [-0.2, 0) is 24.4 Å². The molecule has 0 radical (unpaired) electrons. The number of amides is 1. The van der Waals surface area contributed by atoms with E-state index in [0.29, 0.717) is 25.4 Å². The van der Waals surface area contributed by atoms with Gasteiger partial charge in [0.1, 0.15) is 5.75 Å². The molecule has 0 aliphatic carbocycles. The maximum absolute atomic E-state index is 12.8. The number of carbonyl (C=O) groups excluding carboxylic acids is 1. The van der Waals surface area contributed by atoms with Crippen LogP contribution < -0.4 is 10.1 Å². The average molecular weight is 389 g/mol. The number of nitrogens with one attached hydrogen (secondary N) is 1. The highest BCUT2D eigenvalue weighted by Gasteiger charge is 2.12. The number of rotatable bonds is 9. The van der Waals surface area contributed by atoms with Gasteiger partial charge in [-0.2, -0.15) is 0 Å². The zero-order chi connectivity index (χ0) is 20.5. The maximum atomic E-state index is 12.8. The molecule has 0 spiro atoms. The molecule has 150 valence electrons. The summed E-state index contributed by atoms with van der Waals surface area (Å²) < 4.78 is 11.6. The second-order valence-electron chi connectivity index (χ2n) is 6.70. The van der Waals surface area contributed by atoms with Gasteiger partial charge in [-0.15, -0.1) is 0 Å². The number of anilines is 1. The zero-order valence-corrected chi connectivity index (χ0v) is 17.0. The highest BCUT2D eigenvalue weighted by Crippen LogP contribution is 2.23. The van der Waals surface area contributed by atoms with Crippen molar-refractivity contribution in [1.82, 2.24) is 0 Å². The number of ether oxygens (including phenoxy) is 2. The molecule has 3 aromatic rings. The van der Waals surface area contributed by atoms with Crippen LogP contribution in [0.15, 0.2) is 72.8 Å². The molecule has 0 heterocycles. The lowest BCUT2D eigenvalue weighted by atomic mass is 10.1. The van der Waals surface area contributed by atoms with Crippen LogP contribution >= 0.6 is 0 Å². The molecular weight excluding hydrogens is 362 g/mol. The molecule has 0 fully saturated rings. The predicted octanol–water partition coefficient (Wildman–Crippen LogP) is 5.62. The highest BCUT2D eigenvalue weighted by atomic mass is 16.5. The fraction of sp³-hybridized carbons (Fsp3) is 0.240. The average Bonchev–Trinajstić information content (AvgIpc) is 2.76. The summed E-state index contributed by atoms with van der Waals surface area (Å²) in [7, 11) is 0. The first-order chi connectivity index (χ1) is 14.2. The summed E-state index contributed by atoms with van der Waals surface area (Å²) >= 11 is 0. The Labute approximate surface area is 172 Å². The molecule has 0 aliphatic heterocycles. The molecule has 0 unspecified atom stereocenters. The van der Waals surface area contributed by atoms with Crippen molar-refractivity contribution in [1.29, 1.82) is 0 Å². The molecule has 0 aromatic heterocycles. The Hall–Kier alpha value is -3.11. The molecule has 4 heteroatoms. The Morgan fingerprint density at radius 2 is 1.62 bits per heavy atom. The van der Waals surface area contributed by atoms with Crippen molar-refractivity contribution in [2.75, 3.05) is 11.9 Å². The third kappa shape index (κ3) is 5.69. The fourth-order valence-electron chi connectivity index (χ4n) is 3.13. The Morgan fingerprint density at radius 1 is 0.862 bits per heavy atom. The first-order valence-corrected chi connectivity index (χ1v) is 9.98. The smallest absolute Gasteiger partial charge is 0.255 e. The summed E-state index contributed by atoms with van der Waals surface area (Å²) in [5, 5.41) is 3.02. The van der Waals surface area contributed by atoms with Crippen molar-refractivity contribution in [2.45, 2.75) is 33.5 Å². The van der Waals surface area contributed by atoms with Crippen molar-refractivity contribution in [3.8, 4) is 5.75 Å². The van der Waals surface area contributed by atoms with Crippen LogP contribution in [0, 0.1) is 0 Å². The minimum atomic E-state index is -0.141. The van der Waals surface area contributed by atoms with Gasteiger partial charge in [-0.3, -0.25) is 4.79 Å². The van der Waals surface area contributed by atoms with Gasteiger partial charge in [0, 0.05) is 16.8 Å². The van der Waals surface area contributed by atoms with E-state index in [1.807, 2.05) is 73.7 Å². The van der Waals surface area contributed by atoms with Gasteiger partial charge in [0.05, 0.1) is 19.8 Å². The molecule has 0 saturated carbocycles. The molecule has 1 amide bonds. The molecule has 0 atom stereocenters. The minimum absolute atomic E-state index is 0.141. The summed E-state index contributed by atoms with van der Waals surface area (Å²) in [5.74, 6) is 0.601. The van der Waals surface area contributed by atoms with E-state index in [2.05, 4.69) is 12.2 Å². The van der Waals surface area contributed by atoms with Gasteiger partial charge in [0.25, 0.3) is 5.91 Å². The second-order valence-corrected chi connectivity index (χ2v) is 6.70. The van der Waals surface area contributed by atoms with E-state index in [-0.39, 0.29) is 5.91 Å². The summed E-state index contributed by atoms with van der Waals surface area (Å²) in [5.41, 5.74) is 4.50. The monoisotopic (exact) mass is 389 g/mol. The third-order valence-corrected chi connectivity index (χ3v) is 4.64. The molecule has 3 rings (SSSR count). The van der Waals surface area contributed by atoms with Crippen molar-refractivity contribution in [3.63, 3.8) is 0 Å². The van der Waals surface area contributed by atoms with Crippen molar-refractivity contribution >= 4 is 11.6 Å². The van der Waals surface area contributed by atoms with Crippen molar-refractivity contribution < 1.29 is 14.3 Å². The highest BCUT2D eigenvalue weighted by molar-refractivity contribution is 6.04. The van der Waals surface area contributed by atoms with Gasteiger partial charge >= 0.3 is 0 Å². The molecular formula is C25H27NO3. The normalized spacial score (nSPS) is 10.6. The van der Waals surface area contributed by atoms with Crippen LogP contribution in [0.1, 0.15) is 40.9 Å². The van der Waals surface area contributed by atoms with Crippen LogP contribution in [0.3, 0.4) is 0 Å². The predicted molar refractivity (Wildman–Crippen MR) is 116 cm³/mol. The summed E-state index contributed by atoms with van der Waals surface area (Å²) in [4.78, 5) is 12.8. The fourth-order valence-corrected chi connectivity index (χ4v) is 3.13. The lowest BCUT2D eigenvalue weighted by Crippen LogP contribution is -2.14. The van der Waals surface area contributed by atoms with Crippen LogP contribution in [0.25, 0.3) is 0 Å². The Balaban J connectivity index is 1.73. The van der Waals surface area contributed by atoms with Gasteiger partial charge < -0.3 is 14.8 Å². The van der Waals surface area contributed by atoms with E-state index in [1.54, 1.807) is 6.07 Å². The standard InChI is InChI=1S/C25H27NO3/c1-3-20-12-8-9-13-23(20)26-25(27)21-14-15-24(29-4-2)22(16-21)18-28-17-19-10-6-5-7-11-19/h5-16H,3-4,17-18H2,1-2H3,(H,26,27). The van der Waals surface area contributed by atoms with Crippen LogP contribution in [0.4, 0.5) is 5.69 Å². The zero-order valence-electron chi connectivity index (χ0n) is 17.0. The second kappa shape index (κ2) is 10.4. The summed E-state index contributed by atoms with van der Waals surface area (Å²) in [6, 6.07) is 23.3. The van der Waals surface area contributed by atoms with E-state index in [9.17, 15) is 4.79 Å². The molecule has 0 saturated heterocycles. The van der Waals surface area contributed by atoms with E-state index >= 15 is 0 Å². The van der Waals surface area contributed by atoms with Gasteiger partial charge in [-0.25, -0.2) is 0 Å². The first kappa shape index (κ1) is 20.6. The number of aryl methyl sites for hydroxylation is 1. The lowest BCUT2D eigenvalue weighted by Gasteiger charge is -2.14. The molecule has 0 bridgehead atoms. The molecule has 0 aliphatic rings. The number of hydrogen-bond acceptors (Lipinski definition) is 3. The first-order valence-electron chi connectivity index (χ1n) is 9.98. The van der Waals surface area contributed by atoms with E-state index in [4.69, 9.17) is 9.47 Å². The molecule has 1 N–H and O–H groups in total. The summed E-state index contributed by atoms with van der Waals surface area (Å²) in [6.45, 7) is 5.45. The van der Waals surface area contributed by atoms with Crippen LogP contribution in [0.2, 0.25) is 0 Å². The maximum Gasteiger partial charge on any atom is 0.255 e. The SMILES string of the molecule is CCOc1ccc(C(=O)Nc2ccccc2CC)cc1COCc1ccccc1. The van der Waals surface area contributed by atoms with Gasteiger partial charge in [-0.1, -0.05) is 55.5 Å². The summed E-state index contributed by atoms with van der Waals surface area (Å²) in [6.07, 6.45) is 0.859. The third-order valence-electron chi connectivity index (χ3n) is 4.64. The van der Waals surface area contributed by atoms with E-state index in [1.165, 1.54) is 0 Å². The quantitative estimate of drug-likeness (QED) is 0.517. The number of para-hydroxylation sites is 1. The van der Waals surface area contributed by atoms with E-state index in [0.717, 1.165) is 34.5 Å². The Bertz CT molecular complexity index is 938. The largest absolute Gasteiger partial charge is 0.494 e. The molecule has 29 heavy (non-hydrogen) atoms. The molecule has 3 aromatic carbocycles. The topological polar surface area (TPSA) is 47.6 Å². The number of hydrogen-bond donors (Lipinski definition) is 1. The Morgan fingerprint density at radius 3 is 2.38 bits per heavy atom. The minimum Gasteiger partial charge on any atom is -0.494 e. The molecule has 4 nitrogen and oxygen atoms in total. The van der Waals surface area contributed by atoms with Gasteiger partial charge in [0.15, 0.2) is 0 Å². The number of carbonyl (C=O) groups is 1. The number of benzene rings is 3. The van der Waals surface area contributed by atoms with Crippen LogP contribution in [0.5, 0.6) is 5.75 Å². The van der Waals surface area contributed by atoms with Gasteiger partial charge in [0.2, 0.25) is 0 Å². The van der Waals surface area contributed by atoms with Crippen LogP contribution in [-0.4, -0.2) is 12.5 Å². The van der Waals surface area contributed by atoms with E-state index < -0.39 is 0 Å². The van der Waals surface area contributed by atoms with Gasteiger partial charge in [-0.05, 0) is 48.7 Å². The van der Waals surface area contributed by atoms with Crippen molar-refractivity contribution in [2.24, 2.45) is 0 Å². The Kier molecular flexibility index (Phi) is 7.42.